The molecule has 1 aliphatic heterocycles. The molecule has 0 spiro atoms. The van der Waals surface area contributed by atoms with E-state index in [4.69, 9.17) is 9.40 Å². The zero-order valence-electron chi connectivity index (χ0n) is 16.7. The molecule has 3 aromatic rings. The van der Waals surface area contributed by atoms with Crippen molar-refractivity contribution in [3.05, 3.63) is 42.2 Å². The topological polar surface area (TPSA) is 92.7 Å². The van der Waals surface area contributed by atoms with E-state index >= 15 is 0 Å². The number of nitrogens with zero attached hydrogens (tertiary/aromatic N) is 4. The Morgan fingerprint density at radius 2 is 2.17 bits per heavy atom. The van der Waals surface area contributed by atoms with Gasteiger partial charge in [0.1, 0.15) is 6.17 Å². The van der Waals surface area contributed by atoms with Gasteiger partial charge >= 0.3 is 5.24 Å². The SMILES string of the molecule is CC(NC(=O)C1CC1)N1N=C(c2ccc3c(c2)nc(-c2ccco2)n3C)CSC1=O. The Balaban J connectivity index is 1.44. The third kappa shape index (κ3) is 3.39. The van der Waals surface area contributed by atoms with Crippen molar-refractivity contribution in [2.45, 2.75) is 25.9 Å². The van der Waals surface area contributed by atoms with E-state index in [-0.39, 0.29) is 17.1 Å². The molecule has 0 radical (unpaired) electrons. The first-order valence-electron chi connectivity index (χ1n) is 9.86. The molecule has 8 nitrogen and oxygen atoms in total. The first-order chi connectivity index (χ1) is 14.5. The number of rotatable bonds is 5. The summed E-state index contributed by atoms with van der Waals surface area (Å²) >= 11 is 1.18. The molecule has 1 atom stereocenters. The first-order valence-corrected chi connectivity index (χ1v) is 10.8. The van der Waals surface area contributed by atoms with Crippen LogP contribution in [0, 0.1) is 5.92 Å². The number of fused-ring (bicyclic) bond motifs is 1. The van der Waals surface area contributed by atoms with Crippen LogP contribution in [-0.2, 0) is 11.8 Å². The normalized spacial score (nSPS) is 17.9. The Morgan fingerprint density at radius 3 is 2.90 bits per heavy atom. The van der Waals surface area contributed by atoms with Crippen LogP contribution in [0.3, 0.4) is 0 Å². The van der Waals surface area contributed by atoms with Gasteiger partial charge in [-0.2, -0.15) is 5.10 Å². The number of furan rings is 1. The largest absolute Gasteiger partial charge is 0.461 e. The van der Waals surface area contributed by atoms with E-state index in [1.165, 1.54) is 16.8 Å². The Hall–Kier alpha value is -3.07. The number of amides is 2. The predicted molar refractivity (Wildman–Crippen MR) is 115 cm³/mol. The summed E-state index contributed by atoms with van der Waals surface area (Å²) < 4.78 is 7.48. The molecular formula is C21H21N5O3S. The van der Waals surface area contributed by atoms with E-state index in [1.54, 1.807) is 13.2 Å². The molecule has 2 amide bonds. The van der Waals surface area contributed by atoms with Gasteiger partial charge in [-0.1, -0.05) is 17.8 Å². The quantitative estimate of drug-likeness (QED) is 0.677. The van der Waals surface area contributed by atoms with Gasteiger partial charge in [0, 0.05) is 24.3 Å². The molecule has 1 unspecified atom stereocenters. The highest BCUT2D eigenvalue weighted by molar-refractivity contribution is 8.14. The van der Waals surface area contributed by atoms with Gasteiger partial charge in [0.05, 0.1) is 23.0 Å². The zero-order chi connectivity index (χ0) is 20.8. The van der Waals surface area contributed by atoms with Gasteiger partial charge in [0.15, 0.2) is 11.6 Å². The van der Waals surface area contributed by atoms with Crippen LogP contribution in [-0.4, -0.2) is 43.3 Å². The van der Waals surface area contributed by atoms with Gasteiger partial charge in [-0.3, -0.25) is 9.59 Å². The lowest BCUT2D eigenvalue weighted by molar-refractivity contribution is -0.123. The molecule has 0 saturated heterocycles. The second-order valence-corrected chi connectivity index (χ2v) is 8.51. The maximum absolute atomic E-state index is 12.4. The summed E-state index contributed by atoms with van der Waals surface area (Å²) in [6, 6.07) is 9.67. The molecule has 1 aliphatic carbocycles. The number of carbonyl (C=O) groups is 2. The van der Waals surface area contributed by atoms with Crippen molar-refractivity contribution in [3.63, 3.8) is 0 Å². The fraction of sp³-hybridized carbons (Fsp3) is 0.333. The zero-order valence-corrected chi connectivity index (χ0v) is 17.5. The molecular weight excluding hydrogens is 402 g/mol. The van der Waals surface area contributed by atoms with Crippen LogP contribution in [0.5, 0.6) is 0 Å². The van der Waals surface area contributed by atoms with Crippen LogP contribution in [0.2, 0.25) is 0 Å². The van der Waals surface area contributed by atoms with Crippen molar-refractivity contribution in [2.75, 3.05) is 5.75 Å². The van der Waals surface area contributed by atoms with Crippen LogP contribution in [0.15, 0.2) is 46.1 Å². The summed E-state index contributed by atoms with van der Waals surface area (Å²) in [5.74, 6) is 2.00. The molecule has 5 rings (SSSR count). The van der Waals surface area contributed by atoms with Crippen LogP contribution < -0.4 is 5.32 Å². The summed E-state index contributed by atoms with van der Waals surface area (Å²) in [7, 11) is 1.95. The maximum atomic E-state index is 12.4. The molecule has 2 aromatic heterocycles. The smallest absolute Gasteiger partial charge is 0.304 e. The van der Waals surface area contributed by atoms with Crippen molar-refractivity contribution in [2.24, 2.45) is 18.1 Å². The third-order valence-electron chi connectivity index (χ3n) is 5.37. The van der Waals surface area contributed by atoms with Crippen LogP contribution >= 0.6 is 11.8 Å². The average Bonchev–Trinajstić information content (AvgIpc) is 3.36. The fourth-order valence-corrected chi connectivity index (χ4v) is 4.33. The Labute approximate surface area is 177 Å². The minimum atomic E-state index is -0.488. The Bertz CT molecular complexity index is 1160. The second kappa shape index (κ2) is 7.32. The number of hydrazone groups is 1. The van der Waals surface area contributed by atoms with Crippen molar-refractivity contribution in [1.82, 2.24) is 19.9 Å². The molecule has 1 saturated carbocycles. The van der Waals surface area contributed by atoms with Gasteiger partial charge in [-0.15, -0.1) is 0 Å². The van der Waals surface area contributed by atoms with Crippen LogP contribution in [0.25, 0.3) is 22.6 Å². The van der Waals surface area contributed by atoms with E-state index in [9.17, 15) is 9.59 Å². The number of hydrogen-bond acceptors (Lipinski definition) is 6. The lowest BCUT2D eigenvalue weighted by Crippen LogP contribution is -2.47. The molecule has 1 N–H and O–H groups in total. The molecule has 1 aromatic carbocycles. The Morgan fingerprint density at radius 1 is 1.33 bits per heavy atom. The monoisotopic (exact) mass is 423 g/mol. The highest BCUT2D eigenvalue weighted by atomic mass is 32.2. The highest BCUT2D eigenvalue weighted by Gasteiger charge is 2.33. The third-order valence-corrected chi connectivity index (χ3v) is 6.22. The second-order valence-electron chi connectivity index (χ2n) is 7.58. The molecule has 3 heterocycles. The van der Waals surface area contributed by atoms with Gasteiger partial charge < -0.3 is 14.3 Å². The lowest BCUT2D eigenvalue weighted by atomic mass is 10.1. The first kappa shape index (κ1) is 18.9. The van der Waals surface area contributed by atoms with Crippen molar-refractivity contribution < 1.29 is 14.0 Å². The minimum absolute atomic E-state index is 0.0111. The fourth-order valence-electron chi connectivity index (χ4n) is 3.52. The van der Waals surface area contributed by atoms with Crippen LogP contribution in [0.4, 0.5) is 4.79 Å². The van der Waals surface area contributed by atoms with Crippen LogP contribution in [0.1, 0.15) is 25.3 Å². The maximum Gasteiger partial charge on any atom is 0.304 e. The standard InChI is InChI=1S/C21H21N5O3S/c1-12(22-20(27)13-5-6-13)26-21(28)30-11-16(24-26)14-7-8-17-15(10-14)23-19(25(17)2)18-4-3-9-29-18/h3-4,7-10,12-13H,5-6,11H2,1-2H3,(H,22,27). The number of benzene rings is 1. The Kier molecular flexibility index (Phi) is 4.62. The number of aromatic nitrogens is 2. The molecule has 154 valence electrons. The number of thioether (sulfide) groups is 1. The molecule has 2 aliphatic rings. The van der Waals surface area contributed by atoms with E-state index in [0.29, 0.717) is 11.5 Å². The predicted octanol–water partition coefficient (Wildman–Crippen LogP) is 3.58. The van der Waals surface area contributed by atoms with Crippen molar-refractivity contribution in [3.8, 4) is 11.6 Å². The summed E-state index contributed by atoms with van der Waals surface area (Å²) in [6.07, 6.45) is 2.97. The van der Waals surface area contributed by atoms with Crippen molar-refractivity contribution >= 4 is 39.7 Å². The number of imidazole rings is 1. The molecule has 9 heteroatoms. The van der Waals surface area contributed by atoms with E-state index in [1.807, 2.05) is 41.9 Å². The summed E-state index contributed by atoms with van der Waals surface area (Å²) in [5.41, 5.74) is 3.48. The van der Waals surface area contributed by atoms with Gasteiger partial charge in [0.2, 0.25) is 5.91 Å². The van der Waals surface area contributed by atoms with Crippen molar-refractivity contribution in [1.29, 1.82) is 0 Å². The average molecular weight is 423 g/mol. The number of nitrogens with one attached hydrogen (secondary N) is 1. The number of hydrogen-bond donors (Lipinski definition) is 1. The van der Waals surface area contributed by atoms with E-state index in [2.05, 4.69) is 10.4 Å². The molecule has 1 fully saturated rings. The highest BCUT2D eigenvalue weighted by Crippen LogP contribution is 2.30. The summed E-state index contributed by atoms with van der Waals surface area (Å²) in [5, 5.41) is 8.65. The molecule has 0 bridgehead atoms. The molecule has 30 heavy (non-hydrogen) atoms. The summed E-state index contributed by atoms with van der Waals surface area (Å²) in [6.45, 7) is 1.78. The van der Waals surface area contributed by atoms with E-state index in [0.717, 1.165) is 41.0 Å². The van der Waals surface area contributed by atoms with Gasteiger partial charge in [-0.05, 0) is 44.0 Å². The lowest BCUT2D eigenvalue weighted by Gasteiger charge is -2.28. The number of carbonyl (C=O) groups excluding carboxylic acids is 2. The minimum Gasteiger partial charge on any atom is -0.461 e. The van der Waals surface area contributed by atoms with Gasteiger partial charge in [-0.25, -0.2) is 9.99 Å². The number of aryl methyl sites for hydroxylation is 1. The van der Waals surface area contributed by atoms with Gasteiger partial charge in [0.25, 0.3) is 0 Å². The van der Waals surface area contributed by atoms with E-state index < -0.39 is 6.17 Å². The summed E-state index contributed by atoms with van der Waals surface area (Å²) in [4.78, 5) is 29.2.